The molecule has 66 valence electrons. The molecule has 0 amide bonds. The number of hydrogen-bond donors (Lipinski definition) is 1. The normalized spacial score (nSPS) is 12.8. The number of rotatable bonds is 4. The molecule has 0 aliphatic heterocycles. The van der Waals surface area contributed by atoms with Gasteiger partial charge in [-0.1, -0.05) is 22.5 Å². The van der Waals surface area contributed by atoms with Crippen molar-refractivity contribution in [3.05, 3.63) is 35.2 Å². The van der Waals surface area contributed by atoms with Gasteiger partial charge in [0.15, 0.2) is 0 Å². The summed E-state index contributed by atoms with van der Waals surface area (Å²) in [6, 6.07) is 2.26. The first-order valence-electron chi connectivity index (χ1n) is 3.79. The van der Waals surface area contributed by atoms with Crippen molar-refractivity contribution in [1.29, 1.82) is 0 Å². The van der Waals surface area contributed by atoms with Crippen LogP contribution in [0, 0.1) is 0 Å². The van der Waals surface area contributed by atoms with Crippen LogP contribution in [0.15, 0.2) is 34.1 Å². The summed E-state index contributed by atoms with van der Waals surface area (Å²) in [5, 5.41) is 3.28. The van der Waals surface area contributed by atoms with Gasteiger partial charge in [0.05, 0.1) is 12.5 Å². The molecule has 0 saturated carbocycles. The minimum Gasteiger partial charge on any atom is -0.472 e. The fourth-order valence-electron chi connectivity index (χ4n) is 0.903. The van der Waals surface area contributed by atoms with Crippen LogP contribution in [0.5, 0.6) is 0 Å². The first-order valence-corrected chi connectivity index (χ1v) is 4.58. The first kappa shape index (κ1) is 9.55. The molecular weight excluding hydrogens is 218 g/mol. The number of furan rings is 1. The molecule has 0 radical (unpaired) electrons. The molecule has 1 aromatic rings. The average Bonchev–Trinajstić information content (AvgIpc) is 2.51. The second kappa shape index (κ2) is 4.48. The Morgan fingerprint density at radius 3 is 3.08 bits per heavy atom. The lowest BCUT2D eigenvalue weighted by Crippen LogP contribution is -2.19. The number of hydrogen-bond acceptors (Lipinski definition) is 2. The molecule has 1 aromatic heterocycles. The van der Waals surface area contributed by atoms with Crippen LogP contribution in [-0.2, 0) is 0 Å². The highest BCUT2D eigenvalue weighted by atomic mass is 79.9. The standard InChI is InChI=1S/C9H12BrNO/c1-7(10)5-11-8(2)9-3-4-12-6-9/h3-4,6,8,11H,1,5H2,2H3. The SMILES string of the molecule is C=C(Br)CNC(C)c1ccoc1. The van der Waals surface area contributed by atoms with E-state index in [2.05, 4.69) is 34.7 Å². The molecule has 1 rings (SSSR count). The molecule has 0 aliphatic carbocycles. The van der Waals surface area contributed by atoms with Gasteiger partial charge < -0.3 is 9.73 Å². The number of nitrogens with one attached hydrogen (secondary N) is 1. The molecule has 1 unspecified atom stereocenters. The quantitative estimate of drug-likeness (QED) is 0.860. The lowest BCUT2D eigenvalue weighted by Gasteiger charge is -2.10. The summed E-state index contributed by atoms with van der Waals surface area (Å²) in [7, 11) is 0. The van der Waals surface area contributed by atoms with Crippen molar-refractivity contribution in [2.24, 2.45) is 0 Å². The highest BCUT2D eigenvalue weighted by molar-refractivity contribution is 9.11. The van der Waals surface area contributed by atoms with Crippen LogP contribution in [0.2, 0.25) is 0 Å². The highest BCUT2D eigenvalue weighted by Crippen LogP contribution is 2.12. The zero-order chi connectivity index (χ0) is 8.97. The van der Waals surface area contributed by atoms with Crippen LogP contribution >= 0.6 is 15.9 Å². The Labute approximate surface area is 80.8 Å². The summed E-state index contributed by atoms with van der Waals surface area (Å²) in [6.07, 6.45) is 3.42. The fourth-order valence-corrected chi connectivity index (χ4v) is 1.06. The summed E-state index contributed by atoms with van der Waals surface area (Å²) >= 11 is 3.29. The summed E-state index contributed by atoms with van der Waals surface area (Å²) in [5.41, 5.74) is 1.16. The Morgan fingerprint density at radius 1 is 1.83 bits per heavy atom. The molecule has 1 N–H and O–H groups in total. The van der Waals surface area contributed by atoms with Crippen LogP contribution in [0.4, 0.5) is 0 Å². The van der Waals surface area contributed by atoms with Crippen molar-refractivity contribution >= 4 is 15.9 Å². The highest BCUT2D eigenvalue weighted by Gasteiger charge is 2.04. The summed E-state index contributed by atoms with van der Waals surface area (Å²) in [4.78, 5) is 0. The van der Waals surface area contributed by atoms with Crippen LogP contribution in [0.1, 0.15) is 18.5 Å². The van der Waals surface area contributed by atoms with Gasteiger partial charge in [0.1, 0.15) is 0 Å². The maximum atomic E-state index is 4.97. The molecule has 1 heterocycles. The van der Waals surface area contributed by atoms with Gasteiger partial charge in [-0.25, -0.2) is 0 Å². The lowest BCUT2D eigenvalue weighted by atomic mass is 10.2. The van der Waals surface area contributed by atoms with Crippen molar-refractivity contribution < 1.29 is 4.42 Å². The molecular formula is C9H12BrNO. The Morgan fingerprint density at radius 2 is 2.58 bits per heavy atom. The van der Waals surface area contributed by atoms with Crippen molar-refractivity contribution in [3.8, 4) is 0 Å². The van der Waals surface area contributed by atoms with E-state index in [-0.39, 0.29) is 0 Å². The predicted molar refractivity (Wildman–Crippen MR) is 53.2 cm³/mol. The van der Waals surface area contributed by atoms with Gasteiger partial charge in [0, 0.05) is 22.6 Å². The third kappa shape index (κ3) is 2.83. The van der Waals surface area contributed by atoms with E-state index in [0.717, 1.165) is 16.6 Å². The van der Waals surface area contributed by atoms with Gasteiger partial charge in [0.25, 0.3) is 0 Å². The lowest BCUT2D eigenvalue weighted by molar-refractivity contribution is 0.549. The van der Waals surface area contributed by atoms with Crippen molar-refractivity contribution in [1.82, 2.24) is 5.32 Å². The van der Waals surface area contributed by atoms with E-state index in [4.69, 9.17) is 4.42 Å². The van der Waals surface area contributed by atoms with Crippen LogP contribution in [0.3, 0.4) is 0 Å². The minimum absolute atomic E-state index is 0.304. The van der Waals surface area contributed by atoms with Crippen LogP contribution in [0.25, 0.3) is 0 Å². The molecule has 0 bridgehead atoms. The van der Waals surface area contributed by atoms with Crippen molar-refractivity contribution in [3.63, 3.8) is 0 Å². The Balaban J connectivity index is 2.39. The Hall–Kier alpha value is -0.540. The average molecular weight is 230 g/mol. The van der Waals surface area contributed by atoms with Gasteiger partial charge in [0.2, 0.25) is 0 Å². The van der Waals surface area contributed by atoms with Gasteiger partial charge in [-0.05, 0) is 13.0 Å². The maximum absolute atomic E-state index is 4.97. The third-order valence-corrected chi connectivity index (χ3v) is 1.92. The van der Waals surface area contributed by atoms with E-state index in [0.29, 0.717) is 6.04 Å². The second-order valence-corrected chi connectivity index (χ2v) is 3.80. The topological polar surface area (TPSA) is 25.2 Å². The summed E-state index contributed by atoms with van der Waals surface area (Å²) in [6.45, 7) is 6.59. The van der Waals surface area contributed by atoms with Crippen molar-refractivity contribution in [2.45, 2.75) is 13.0 Å². The molecule has 12 heavy (non-hydrogen) atoms. The second-order valence-electron chi connectivity index (χ2n) is 2.68. The molecule has 0 saturated heterocycles. The van der Waals surface area contributed by atoms with E-state index in [1.54, 1.807) is 12.5 Å². The van der Waals surface area contributed by atoms with Gasteiger partial charge in [-0.15, -0.1) is 0 Å². The molecule has 0 aromatic carbocycles. The molecule has 1 atom stereocenters. The fraction of sp³-hybridized carbons (Fsp3) is 0.333. The summed E-state index contributed by atoms with van der Waals surface area (Å²) in [5.74, 6) is 0. The van der Waals surface area contributed by atoms with Gasteiger partial charge >= 0.3 is 0 Å². The first-order chi connectivity index (χ1) is 5.70. The molecule has 0 spiro atoms. The smallest absolute Gasteiger partial charge is 0.0950 e. The van der Waals surface area contributed by atoms with Gasteiger partial charge in [-0.3, -0.25) is 0 Å². The maximum Gasteiger partial charge on any atom is 0.0950 e. The molecule has 3 heteroatoms. The molecule has 0 aliphatic rings. The molecule has 0 fully saturated rings. The van der Waals surface area contributed by atoms with Gasteiger partial charge in [-0.2, -0.15) is 0 Å². The van der Waals surface area contributed by atoms with E-state index in [9.17, 15) is 0 Å². The Kier molecular flexibility index (Phi) is 3.56. The zero-order valence-electron chi connectivity index (χ0n) is 7.01. The summed E-state index contributed by atoms with van der Waals surface area (Å²) < 4.78 is 5.92. The molecule has 2 nitrogen and oxygen atoms in total. The van der Waals surface area contributed by atoms with E-state index >= 15 is 0 Å². The minimum atomic E-state index is 0.304. The zero-order valence-corrected chi connectivity index (χ0v) is 8.60. The van der Waals surface area contributed by atoms with E-state index in [1.807, 2.05) is 6.07 Å². The monoisotopic (exact) mass is 229 g/mol. The Bertz CT molecular complexity index is 243. The van der Waals surface area contributed by atoms with E-state index in [1.165, 1.54) is 0 Å². The van der Waals surface area contributed by atoms with E-state index < -0.39 is 0 Å². The largest absolute Gasteiger partial charge is 0.472 e. The predicted octanol–water partition coefficient (Wildman–Crippen LogP) is 2.84. The third-order valence-electron chi connectivity index (χ3n) is 1.64. The van der Waals surface area contributed by atoms with Crippen molar-refractivity contribution in [2.75, 3.05) is 6.54 Å². The number of halogens is 1. The van der Waals surface area contributed by atoms with Crippen LogP contribution in [-0.4, -0.2) is 6.54 Å². The van der Waals surface area contributed by atoms with Crippen LogP contribution < -0.4 is 5.32 Å².